The molecule has 0 radical (unpaired) electrons. The maximum Gasteiger partial charge on any atom is 0.186 e. The zero-order valence-corrected chi connectivity index (χ0v) is 9.62. The summed E-state index contributed by atoms with van der Waals surface area (Å²) in [7, 11) is 0. The molecule has 0 saturated carbocycles. The van der Waals surface area contributed by atoms with Gasteiger partial charge in [-0.15, -0.1) is 0 Å². The molecular formula is C10H8O4S2. The van der Waals surface area contributed by atoms with Crippen molar-refractivity contribution in [3.05, 3.63) is 36.4 Å². The van der Waals surface area contributed by atoms with Crippen LogP contribution in [0, 0.1) is 0 Å². The third kappa shape index (κ3) is 2.19. The summed E-state index contributed by atoms with van der Waals surface area (Å²) in [5.41, 5.74) is 0. The molecule has 0 saturated heterocycles. The van der Waals surface area contributed by atoms with Crippen LogP contribution in [0.1, 0.15) is 0 Å². The van der Waals surface area contributed by atoms with E-state index in [9.17, 15) is 8.42 Å². The molecule has 4 nitrogen and oxygen atoms in total. The smallest absolute Gasteiger partial charge is 0.186 e. The van der Waals surface area contributed by atoms with Gasteiger partial charge in [0.15, 0.2) is 22.2 Å². The van der Waals surface area contributed by atoms with E-state index in [1.165, 1.54) is 12.1 Å². The fourth-order valence-electron chi connectivity index (χ4n) is 1.42. The second-order valence-electron chi connectivity index (χ2n) is 3.17. The van der Waals surface area contributed by atoms with E-state index in [4.69, 9.17) is 9.11 Å². The van der Waals surface area contributed by atoms with Crippen LogP contribution in [-0.2, 0) is 22.2 Å². The average Bonchev–Trinajstić information content (AvgIpc) is 2.27. The molecule has 0 heterocycles. The second-order valence-corrected chi connectivity index (χ2v) is 5.11. The van der Waals surface area contributed by atoms with E-state index in [2.05, 4.69) is 0 Å². The number of hydrogen-bond acceptors (Lipinski definition) is 2. The summed E-state index contributed by atoms with van der Waals surface area (Å²) in [6, 6.07) is 9.49. The summed E-state index contributed by atoms with van der Waals surface area (Å²) in [6.07, 6.45) is 0. The predicted molar refractivity (Wildman–Crippen MR) is 62.0 cm³/mol. The lowest BCUT2D eigenvalue weighted by Gasteiger charge is -2.01. The van der Waals surface area contributed by atoms with Crippen molar-refractivity contribution in [3.8, 4) is 0 Å². The molecule has 0 spiro atoms. The molecule has 2 unspecified atom stereocenters. The lowest BCUT2D eigenvalue weighted by Crippen LogP contribution is -1.90. The minimum Gasteiger partial charge on any atom is -0.302 e. The van der Waals surface area contributed by atoms with Gasteiger partial charge in [0, 0.05) is 0 Å². The summed E-state index contributed by atoms with van der Waals surface area (Å²) in [6.45, 7) is 0. The van der Waals surface area contributed by atoms with Gasteiger partial charge in [-0.05, 0) is 35.0 Å². The molecule has 0 fully saturated rings. The highest BCUT2D eigenvalue weighted by atomic mass is 32.2. The Morgan fingerprint density at radius 2 is 1.12 bits per heavy atom. The van der Waals surface area contributed by atoms with Crippen molar-refractivity contribution in [1.29, 1.82) is 0 Å². The Balaban J connectivity index is 2.61. The third-order valence-corrected chi connectivity index (χ3v) is 3.50. The lowest BCUT2D eigenvalue weighted by molar-refractivity contribution is 0.563. The van der Waals surface area contributed by atoms with Gasteiger partial charge in [-0.25, -0.2) is 8.42 Å². The van der Waals surface area contributed by atoms with Crippen molar-refractivity contribution in [2.75, 3.05) is 0 Å². The molecule has 2 aromatic rings. The van der Waals surface area contributed by atoms with Gasteiger partial charge in [0.05, 0.1) is 9.79 Å². The molecule has 0 aromatic heterocycles. The Bertz CT molecular complexity index is 541. The van der Waals surface area contributed by atoms with Crippen molar-refractivity contribution in [2.24, 2.45) is 0 Å². The van der Waals surface area contributed by atoms with E-state index in [1.807, 2.05) is 0 Å². The molecule has 0 bridgehead atoms. The standard InChI is InChI=1S/C10H8O4S2/c11-15(12)9-3-1-7-5-10(16(13)14)4-2-8(7)6-9/h1-6H,(H,11,12)(H,13,14). The van der Waals surface area contributed by atoms with E-state index < -0.39 is 22.2 Å². The van der Waals surface area contributed by atoms with E-state index in [0.717, 1.165) is 10.8 Å². The highest BCUT2D eigenvalue weighted by Gasteiger charge is 2.04. The SMILES string of the molecule is O=S(O)c1ccc2cc(S(=O)O)ccc2c1. The number of rotatable bonds is 2. The largest absolute Gasteiger partial charge is 0.302 e. The molecule has 2 atom stereocenters. The van der Waals surface area contributed by atoms with Crippen LogP contribution >= 0.6 is 0 Å². The Kier molecular flexibility index (Phi) is 3.15. The predicted octanol–water partition coefficient (Wildman–Crippen LogP) is 2.00. The molecule has 0 aliphatic heterocycles. The maximum absolute atomic E-state index is 10.8. The van der Waals surface area contributed by atoms with E-state index in [-0.39, 0.29) is 0 Å². The summed E-state index contributed by atoms with van der Waals surface area (Å²) >= 11 is -4.02. The summed E-state index contributed by atoms with van der Waals surface area (Å²) in [4.78, 5) is 0.621. The van der Waals surface area contributed by atoms with Crippen LogP contribution in [0.15, 0.2) is 46.2 Å². The molecule has 2 aromatic carbocycles. The summed E-state index contributed by atoms with van der Waals surface area (Å²) in [5, 5.41) is 1.52. The normalized spacial score (nSPS) is 14.9. The van der Waals surface area contributed by atoms with E-state index >= 15 is 0 Å². The molecule has 16 heavy (non-hydrogen) atoms. The fraction of sp³-hybridized carbons (Fsp3) is 0. The van der Waals surface area contributed by atoms with Gasteiger partial charge >= 0.3 is 0 Å². The van der Waals surface area contributed by atoms with Crippen molar-refractivity contribution in [2.45, 2.75) is 9.79 Å². The van der Waals surface area contributed by atoms with Gasteiger partial charge in [-0.2, -0.15) is 0 Å². The molecule has 0 aliphatic rings. The number of benzene rings is 2. The molecular weight excluding hydrogens is 248 g/mol. The summed E-state index contributed by atoms with van der Waals surface area (Å²) < 4.78 is 39.5. The molecule has 0 aliphatic carbocycles. The zero-order chi connectivity index (χ0) is 11.7. The van der Waals surface area contributed by atoms with Crippen molar-refractivity contribution >= 4 is 32.9 Å². The van der Waals surface area contributed by atoms with Gasteiger partial charge in [-0.3, -0.25) is 0 Å². The monoisotopic (exact) mass is 256 g/mol. The van der Waals surface area contributed by atoms with Crippen LogP contribution in [-0.4, -0.2) is 17.5 Å². The first-order valence-electron chi connectivity index (χ1n) is 4.33. The Labute approximate surface area is 96.9 Å². The van der Waals surface area contributed by atoms with Gasteiger partial charge in [0.1, 0.15) is 0 Å². The van der Waals surface area contributed by atoms with E-state index in [0.29, 0.717) is 9.79 Å². The molecule has 0 amide bonds. The van der Waals surface area contributed by atoms with Crippen LogP contribution < -0.4 is 0 Å². The van der Waals surface area contributed by atoms with Gasteiger partial charge < -0.3 is 9.11 Å². The average molecular weight is 256 g/mol. The van der Waals surface area contributed by atoms with Gasteiger partial charge in [-0.1, -0.05) is 12.1 Å². The van der Waals surface area contributed by atoms with Crippen molar-refractivity contribution in [3.63, 3.8) is 0 Å². The Morgan fingerprint density at radius 3 is 1.44 bits per heavy atom. The molecule has 2 rings (SSSR count). The molecule has 2 N–H and O–H groups in total. The minimum absolute atomic E-state index is 0.311. The first-order chi connectivity index (χ1) is 7.58. The maximum atomic E-state index is 10.8. The van der Waals surface area contributed by atoms with Crippen LogP contribution in [0.25, 0.3) is 10.8 Å². The fourth-order valence-corrected chi connectivity index (χ4v) is 2.24. The van der Waals surface area contributed by atoms with Crippen molar-refractivity contribution < 1.29 is 17.5 Å². The lowest BCUT2D eigenvalue weighted by atomic mass is 10.1. The van der Waals surface area contributed by atoms with Crippen LogP contribution in [0.2, 0.25) is 0 Å². The minimum atomic E-state index is -2.01. The first-order valence-corrected chi connectivity index (χ1v) is 6.55. The van der Waals surface area contributed by atoms with E-state index in [1.54, 1.807) is 24.3 Å². The highest BCUT2D eigenvalue weighted by Crippen LogP contribution is 2.20. The van der Waals surface area contributed by atoms with Gasteiger partial charge in [0.25, 0.3) is 0 Å². The zero-order valence-electron chi connectivity index (χ0n) is 7.99. The van der Waals surface area contributed by atoms with Gasteiger partial charge in [0.2, 0.25) is 0 Å². The first kappa shape index (κ1) is 11.4. The molecule has 6 heteroatoms. The number of fused-ring (bicyclic) bond motifs is 1. The van der Waals surface area contributed by atoms with Crippen molar-refractivity contribution in [1.82, 2.24) is 0 Å². The third-order valence-electron chi connectivity index (χ3n) is 2.19. The topological polar surface area (TPSA) is 74.6 Å². The molecule has 84 valence electrons. The second kappa shape index (κ2) is 4.42. The number of hydrogen-bond donors (Lipinski definition) is 2. The van der Waals surface area contributed by atoms with Crippen LogP contribution in [0.4, 0.5) is 0 Å². The summed E-state index contributed by atoms with van der Waals surface area (Å²) in [5.74, 6) is 0. The van der Waals surface area contributed by atoms with Crippen LogP contribution in [0.5, 0.6) is 0 Å². The highest BCUT2D eigenvalue weighted by molar-refractivity contribution is 7.79. The Hall–Kier alpha value is -1.08. The quantitative estimate of drug-likeness (QED) is 0.806. The van der Waals surface area contributed by atoms with Crippen LogP contribution in [0.3, 0.4) is 0 Å². The Morgan fingerprint density at radius 1 is 0.750 bits per heavy atom.